The molecule has 0 heterocycles. The summed E-state index contributed by atoms with van der Waals surface area (Å²) in [7, 11) is 1.99. The number of likely N-dealkylation sites (N-methyl/N-ethyl adjacent to an activating group) is 1. The van der Waals surface area contributed by atoms with Crippen LogP contribution in [0.1, 0.15) is 26.2 Å². The second-order valence-electron chi connectivity index (χ2n) is 4.31. The molecule has 1 aliphatic rings. The highest BCUT2D eigenvalue weighted by atomic mass is 15.0. The Morgan fingerprint density at radius 2 is 2.29 bits per heavy atom. The maximum atomic E-state index is 4.11. The van der Waals surface area contributed by atoms with Gasteiger partial charge in [0.05, 0.1) is 0 Å². The summed E-state index contributed by atoms with van der Waals surface area (Å²) in [5.74, 6) is 0. The number of allylic oxidation sites excluding steroid dienone is 4. The van der Waals surface area contributed by atoms with E-state index in [0.29, 0.717) is 6.04 Å². The van der Waals surface area contributed by atoms with Gasteiger partial charge in [-0.2, -0.15) is 0 Å². The zero-order valence-corrected chi connectivity index (χ0v) is 11.0. The fourth-order valence-electron chi connectivity index (χ4n) is 1.88. The molecule has 0 aromatic rings. The van der Waals surface area contributed by atoms with Crippen molar-refractivity contribution in [3.8, 4) is 0 Å². The van der Waals surface area contributed by atoms with Gasteiger partial charge >= 0.3 is 0 Å². The van der Waals surface area contributed by atoms with Crippen LogP contribution in [0.5, 0.6) is 0 Å². The monoisotopic (exact) mass is 232 g/mol. The SMILES string of the molecule is C=C(NCC1=CCC=CC=C1)C(CCC)NC. The topological polar surface area (TPSA) is 24.1 Å². The molecule has 0 radical (unpaired) electrons. The molecule has 0 saturated carbocycles. The van der Waals surface area contributed by atoms with Gasteiger partial charge in [-0.05, 0) is 25.5 Å². The third-order valence-electron chi connectivity index (χ3n) is 2.94. The van der Waals surface area contributed by atoms with E-state index in [2.05, 4.69) is 54.5 Å². The Morgan fingerprint density at radius 1 is 1.47 bits per heavy atom. The van der Waals surface area contributed by atoms with Crippen LogP contribution < -0.4 is 10.6 Å². The number of hydrogen-bond donors (Lipinski definition) is 2. The van der Waals surface area contributed by atoms with Crippen LogP contribution in [0.2, 0.25) is 0 Å². The molecule has 94 valence electrons. The van der Waals surface area contributed by atoms with Crippen molar-refractivity contribution in [3.05, 3.63) is 48.2 Å². The predicted molar refractivity (Wildman–Crippen MR) is 75.9 cm³/mol. The molecule has 17 heavy (non-hydrogen) atoms. The van der Waals surface area contributed by atoms with Crippen molar-refractivity contribution in [2.45, 2.75) is 32.2 Å². The van der Waals surface area contributed by atoms with Crippen molar-refractivity contribution < 1.29 is 0 Å². The normalized spacial score (nSPS) is 16.2. The lowest BCUT2D eigenvalue weighted by Crippen LogP contribution is -2.34. The van der Waals surface area contributed by atoms with E-state index in [9.17, 15) is 0 Å². The molecule has 2 heteroatoms. The van der Waals surface area contributed by atoms with Gasteiger partial charge in [0, 0.05) is 18.3 Å². The molecule has 0 aromatic carbocycles. The minimum atomic E-state index is 0.369. The van der Waals surface area contributed by atoms with Gasteiger partial charge in [-0.1, -0.05) is 50.3 Å². The van der Waals surface area contributed by atoms with E-state index >= 15 is 0 Å². The minimum Gasteiger partial charge on any atom is -0.383 e. The molecular formula is C15H24N2. The van der Waals surface area contributed by atoms with Gasteiger partial charge in [0.15, 0.2) is 0 Å². The molecule has 2 N–H and O–H groups in total. The first kappa shape index (κ1) is 13.8. The Labute approximate surface area is 105 Å². The lowest BCUT2D eigenvalue weighted by molar-refractivity contribution is 0.549. The van der Waals surface area contributed by atoms with Crippen molar-refractivity contribution in [2.75, 3.05) is 13.6 Å². The van der Waals surface area contributed by atoms with Gasteiger partial charge in [-0.15, -0.1) is 0 Å². The van der Waals surface area contributed by atoms with Crippen LogP contribution in [-0.4, -0.2) is 19.6 Å². The van der Waals surface area contributed by atoms with E-state index in [0.717, 1.165) is 25.1 Å². The smallest absolute Gasteiger partial charge is 0.0460 e. The summed E-state index contributed by atoms with van der Waals surface area (Å²) >= 11 is 0. The Morgan fingerprint density at radius 3 is 3.00 bits per heavy atom. The molecule has 1 aliphatic carbocycles. The summed E-state index contributed by atoms with van der Waals surface area (Å²) in [5, 5.41) is 6.70. The number of nitrogens with one attached hydrogen (secondary N) is 2. The maximum Gasteiger partial charge on any atom is 0.0460 e. The van der Waals surface area contributed by atoms with Gasteiger partial charge in [-0.3, -0.25) is 0 Å². The molecule has 2 nitrogen and oxygen atoms in total. The molecule has 0 amide bonds. The summed E-state index contributed by atoms with van der Waals surface area (Å²) in [6.45, 7) is 7.17. The Bertz CT molecular complexity index is 324. The Balaban J connectivity index is 2.39. The van der Waals surface area contributed by atoms with Crippen LogP contribution in [0.15, 0.2) is 48.2 Å². The van der Waals surface area contributed by atoms with Gasteiger partial charge < -0.3 is 10.6 Å². The zero-order valence-electron chi connectivity index (χ0n) is 11.0. The van der Waals surface area contributed by atoms with Crippen LogP contribution in [0.4, 0.5) is 0 Å². The fraction of sp³-hybridized carbons (Fsp3) is 0.467. The molecule has 0 spiro atoms. The number of rotatable bonds is 7. The number of hydrogen-bond acceptors (Lipinski definition) is 2. The summed E-state index contributed by atoms with van der Waals surface area (Å²) in [4.78, 5) is 0. The molecule has 0 bridgehead atoms. The molecule has 0 saturated heterocycles. The molecule has 0 aromatic heterocycles. The highest BCUT2D eigenvalue weighted by molar-refractivity contribution is 5.28. The summed E-state index contributed by atoms with van der Waals surface area (Å²) < 4.78 is 0. The highest BCUT2D eigenvalue weighted by Gasteiger charge is 2.08. The van der Waals surface area contributed by atoms with Crippen LogP contribution in [0, 0.1) is 0 Å². The van der Waals surface area contributed by atoms with Crippen LogP contribution >= 0.6 is 0 Å². The third kappa shape index (κ3) is 5.05. The average molecular weight is 232 g/mol. The van der Waals surface area contributed by atoms with Crippen molar-refractivity contribution in [3.63, 3.8) is 0 Å². The maximum absolute atomic E-state index is 4.11. The quantitative estimate of drug-likeness (QED) is 0.705. The molecular weight excluding hydrogens is 208 g/mol. The van der Waals surface area contributed by atoms with Gasteiger partial charge in [-0.25, -0.2) is 0 Å². The molecule has 0 fully saturated rings. The average Bonchev–Trinajstić information content (AvgIpc) is 2.61. The van der Waals surface area contributed by atoms with Crippen LogP contribution in [0.25, 0.3) is 0 Å². The van der Waals surface area contributed by atoms with E-state index in [1.807, 2.05) is 7.05 Å². The Kier molecular flexibility index (Phi) is 6.41. The first-order valence-electron chi connectivity index (χ1n) is 6.40. The largest absolute Gasteiger partial charge is 0.383 e. The zero-order chi connectivity index (χ0) is 12.5. The standard InChI is InChI=1S/C15H24N2/c1-4-9-15(16-3)13(2)17-12-14-10-7-5-6-8-11-14/h5-7,10-11,15-17H,2,4,8-9,12H2,1,3H3. The Hall–Kier alpha value is -1.28. The molecule has 1 unspecified atom stereocenters. The second kappa shape index (κ2) is 7.91. The summed E-state index contributed by atoms with van der Waals surface area (Å²) in [6.07, 6.45) is 14.0. The molecule has 1 atom stereocenters. The second-order valence-corrected chi connectivity index (χ2v) is 4.31. The minimum absolute atomic E-state index is 0.369. The van der Waals surface area contributed by atoms with E-state index < -0.39 is 0 Å². The first-order valence-corrected chi connectivity index (χ1v) is 6.40. The van der Waals surface area contributed by atoms with Crippen LogP contribution in [-0.2, 0) is 0 Å². The fourth-order valence-corrected chi connectivity index (χ4v) is 1.88. The van der Waals surface area contributed by atoms with Gasteiger partial charge in [0.1, 0.15) is 0 Å². The van der Waals surface area contributed by atoms with E-state index in [-0.39, 0.29) is 0 Å². The van der Waals surface area contributed by atoms with E-state index in [4.69, 9.17) is 0 Å². The van der Waals surface area contributed by atoms with Crippen LogP contribution in [0.3, 0.4) is 0 Å². The molecule has 0 aliphatic heterocycles. The van der Waals surface area contributed by atoms with Crippen molar-refractivity contribution in [1.29, 1.82) is 0 Å². The first-order chi connectivity index (χ1) is 8.27. The van der Waals surface area contributed by atoms with Crippen molar-refractivity contribution in [1.82, 2.24) is 10.6 Å². The van der Waals surface area contributed by atoms with E-state index in [1.165, 1.54) is 12.0 Å². The van der Waals surface area contributed by atoms with E-state index in [1.54, 1.807) is 0 Å². The lowest BCUT2D eigenvalue weighted by Gasteiger charge is -2.20. The molecule has 1 rings (SSSR count). The summed E-state index contributed by atoms with van der Waals surface area (Å²) in [5.41, 5.74) is 2.41. The van der Waals surface area contributed by atoms with Crippen molar-refractivity contribution >= 4 is 0 Å². The lowest BCUT2D eigenvalue weighted by atomic mass is 10.1. The predicted octanol–water partition coefficient (Wildman–Crippen LogP) is 2.92. The van der Waals surface area contributed by atoms with Gasteiger partial charge in [0.2, 0.25) is 0 Å². The third-order valence-corrected chi connectivity index (χ3v) is 2.94. The van der Waals surface area contributed by atoms with Crippen molar-refractivity contribution in [2.24, 2.45) is 0 Å². The summed E-state index contributed by atoms with van der Waals surface area (Å²) in [6, 6.07) is 0.369. The van der Waals surface area contributed by atoms with Gasteiger partial charge in [0.25, 0.3) is 0 Å². The highest BCUT2D eigenvalue weighted by Crippen LogP contribution is 2.07.